The Bertz CT molecular complexity index is 1450. The zero-order chi connectivity index (χ0) is 30.8. The first-order chi connectivity index (χ1) is 21.6. The summed E-state index contributed by atoms with van der Waals surface area (Å²) >= 11 is 0. The molecule has 0 atom stereocenters. The Labute approximate surface area is 268 Å². The van der Waals surface area contributed by atoms with Gasteiger partial charge >= 0.3 is 0 Å². The molecule has 1 nitrogen and oxygen atoms in total. The van der Waals surface area contributed by atoms with Crippen molar-refractivity contribution < 1.29 is 4.74 Å². The van der Waals surface area contributed by atoms with E-state index in [2.05, 4.69) is 86.6 Å². The Morgan fingerprint density at radius 3 is 1.36 bits per heavy atom. The highest BCUT2D eigenvalue weighted by atomic mass is 16.5. The van der Waals surface area contributed by atoms with Crippen LogP contribution in [0.15, 0.2) is 84.9 Å². The maximum absolute atomic E-state index is 6.06. The van der Waals surface area contributed by atoms with Gasteiger partial charge in [0.1, 0.15) is 13.6 Å². The molecular formula is C42H51BO. The van der Waals surface area contributed by atoms with Crippen molar-refractivity contribution >= 4 is 13.3 Å². The lowest BCUT2D eigenvalue weighted by Crippen LogP contribution is -2.25. The minimum absolute atomic E-state index is 0.0342. The van der Waals surface area contributed by atoms with E-state index in [0.717, 1.165) is 11.2 Å². The molecule has 0 aliphatic heterocycles. The minimum atomic E-state index is 0.0342. The van der Waals surface area contributed by atoms with Gasteiger partial charge in [0.15, 0.2) is 0 Å². The molecule has 0 saturated carbocycles. The fourth-order valence-corrected chi connectivity index (χ4v) is 7.39. The predicted octanol–water partition coefficient (Wildman–Crippen LogP) is 11.6. The standard InChI is InChI=1S/C42H51BO/c1-4-6-8-10-12-14-28-42(29-15-13-11-9-7-5-2)40-30-34(32-16-22-36(43)23-17-32)20-26-38(40)39-27-21-35(31-41(39)42)33-18-24-37(44-3)25-19-33/h16-27,30-31H,4-15,28-29H2,1-3H3. The summed E-state index contributed by atoms with van der Waals surface area (Å²) in [5, 5.41) is 0. The number of ether oxygens (including phenoxy) is 1. The Balaban J connectivity index is 1.56. The van der Waals surface area contributed by atoms with Crippen molar-refractivity contribution in [3.63, 3.8) is 0 Å². The number of benzene rings is 4. The van der Waals surface area contributed by atoms with Crippen LogP contribution in [0, 0.1) is 0 Å². The molecule has 0 aromatic heterocycles. The predicted molar refractivity (Wildman–Crippen MR) is 191 cm³/mol. The van der Waals surface area contributed by atoms with Crippen LogP contribution in [0.25, 0.3) is 33.4 Å². The molecule has 0 spiro atoms. The second-order valence-corrected chi connectivity index (χ2v) is 13.0. The van der Waals surface area contributed by atoms with Crippen LogP contribution in [0.1, 0.15) is 115 Å². The van der Waals surface area contributed by atoms with Crippen LogP contribution in [0.2, 0.25) is 0 Å². The second-order valence-electron chi connectivity index (χ2n) is 13.0. The number of fused-ring (bicyclic) bond motifs is 3. The van der Waals surface area contributed by atoms with Crippen molar-refractivity contribution in [2.75, 3.05) is 7.11 Å². The quantitative estimate of drug-likeness (QED) is 0.0889. The summed E-state index contributed by atoms with van der Waals surface area (Å²) in [5.41, 5.74) is 11.9. The third kappa shape index (κ3) is 7.34. The van der Waals surface area contributed by atoms with E-state index >= 15 is 0 Å². The molecule has 0 amide bonds. The van der Waals surface area contributed by atoms with E-state index in [9.17, 15) is 0 Å². The minimum Gasteiger partial charge on any atom is -0.497 e. The van der Waals surface area contributed by atoms with E-state index < -0.39 is 0 Å². The van der Waals surface area contributed by atoms with E-state index in [1.165, 1.54) is 134 Å². The maximum atomic E-state index is 6.06. The molecule has 0 N–H and O–H groups in total. The first kappa shape index (κ1) is 32.1. The number of methoxy groups -OCH3 is 1. The van der Waals surface area contributed by atoms with Gasteiger partial charge in [-0.3, -0.25) is 0 Å². The lowest BCUT2D eigenvalue weighted by Gasteiger charge is -2.33. The largest absolute Gasteiger partial charge is 0.497 e. The molecule has 4 aromatic rings. The molecule has 2 radical (unpaired) electrons. The first-order valence-electron chi connectivity index (χ1n) is 17.4. The van der Waals surface area contributed by atoms with Gasteiger partial charge in [0, 0.05) is 5.41 Å². The zero-order valence-corrected chi connectivity index (χ0v) is 27.5. The van der Waals surface area contributed by atoms with Crippen LogP contribution in [0.4, 0.5) is 0 Å². The second kappa shape index (κ2) is 15.6. The van der Waals surface area contributed by atoms with Gasteiger partial charge < -0.3 is 4.74 Å². The van der Waals surface area contributed by atoms with Crippen LogP contribution in [-0.2, 0) is 5.41 Å². The molecule has 2 heteroatoms. The monoisotopic (exact) mass is 582 g/mol. The van der Waals surface area contributed by atoms with E-state index in [-0.39, 0.29) is 5.41 Å². The number of hydrogen-bond donors (Lipinski definition) is 0. The highest BCUT2D eigenvalue weighted by Crippen LogP contribution is 2.55. The topological polar surface area (TPSA) is 9.23 Å². The SMILES string of the molecule is [B]c1ccc(-c2ccc3c(c2)C(CCCCCCCC)(CCCCCCCC)c2cc(-c4ccc(OC)cc4)ccc2-3)cc1. The Morgan fingerprint density at radius 2 is 0.909 bits per heavy atom. The molecular weight excluding hydrogens is 531 g/mol. The van der Waals surface area contributed by atoms with Gasteiger partial charge in [-0.1, -0.05) is 157 Å². The number of rotatable bonds is 17. The molecule has 0 bridgehead atoms. The smallest absolute Gasteiger partial charge is 0.118 e. The summed E-state index contributed by atoms with van der Waals surface area (Å²) in [5.74, 6) is 0.901. The highest BCUT2D eigenvalue weighted by molar-refractivity contribution is 6.32. The summed E-state index contributed by atoms with van der Waals surface area (Å²) in [6, 6.07) is 31.5. The summed E-state index contributed by atoms with van der Waals surface area (Å²) in [6.45, 7) is 4.61. The molecule has 44 heavy (non-hydrogen) atoms. The van der Waals surface area contributed by atoms with Crippen LogP contribution in [0.3, 0.4) is 0 Å². The lowest BCUT2D eigenvalue weighted by atomic mass is 9.70. The molecule has 0 unspecified atom stereocenters. The summed E-state index contributed by atoms with van der Waals surface area (Å²) < 4.78 is 5.46. The maximum Gasteiger partial charge on any atom is 0.118 e. The number of unbranched alkanes of at least 4 members (excludes halogenated alkanes) is 10. The summed E-state index contributed by atoms with van der Waals surface area (Å²) in [7, 11) is 7.80. The fourth-order valence-electron chi connectivity index (χ4n) is 7.39. The number of hydrogen-bond acceptors (Lipinski definition) is 1. The third-order valence-corrected chi connectivity index (χ3v) is 9.94. The van der Waals surface area contributed by atoms with Crippen molar-refractivity contribution in [3.05, 3.63) is 96.1 Å². The van der Waals surface area contributed by atoms with Gasteiger partial charge in [-0.05, 0) is 81.6 Å². The van der Waals surface area contributed by atoms with E-state index in [4.69, 9.17) is 12.6 Å². The summed E-state index contributed by atoms with van der Waals surface area (Å²) in [4.78, 5) is 0. The zero-order valence-electron chi connectivity index (χ0n) is 27.5. The van der Waals surface area contributed by atoms with Crippen LogP contribution < -0.4 is 10.2 Å². The normalized spacial score (nSPS) is 13.1. The molecule has 1 aliphatic carbocycles. The van der Waals surface area contributed by atoms with Gasteiger partial charge in [0.05, 0.1) is 7.11 Å². The Morgan fingerprint density at radius 1 is 0.500 bits per heavy atom. The average Bonchev–Trinajstić information content (AvgIpc) is 3.33. The van der Waals surface area contributed by atoms with Gasteiger partial charge in [0.2, 0.25) is 0 Å². The van der Waals surface area contributed by atoms with Crippen molar-refractivity contribution in [1.29, 1.82) is 0 Å². The first-order valence-corrected chi connectivity index (χ1v) is 17.4. The third-order valence-electron chi connectivity index (χ3n) is 9.94. The Kier molecular flexibility index (Phi) is 11.4. The van der Waals surface area contributed by atoms with Crippen molar-refractivity contribution in [1.82, 2.24) is 0 Å². The van der Waals surface area contributed by atoms with Gasteiger partial charge in [-0.15, -0.1) is 0 Å². The highest BCUT2D eigenvalue weighted by Gasteiger charge is 2.42. The van der Waals surface area contributed by atoms with Gasteiger partial charge in [-0.25, -0.2) is 0 Å². The molecule has 0 saturated heterocycles. The van der Waals surface area contributed by atoms with Crippen LogP contribution in [0.5, 0.6) is 5.75 Å². The van der Waals surface area contributed by atoms with E-state index in [1.54, 1.807) is 7.11 Å². The fraction of sp³-hybridized carbons (Fsp3) is 0.429. The van der Waals surface area contributed by atoms with E-state index in [0.29, 0.717) is 0 Å². The van der Waals surface area contributed by atoms with Crippen molar-refractivity contribution in [2.45, 2.75) is 109 Å². The van der Waals surface area contributed by atoms with Crippen LogP contribution in [-0.4, -0.2) is 15.0 Å². The molecule has 228 valence electrons. The van der Waals surface area contributed by atoms with Crippen molar-refractivity contribution in [3.8, 4) is 39.1 Å². The molecule has 4 aromatic carbocycles. The molecule has 0 fully saturated rings. The molecule has 5 rings (SSSR count). The van der Waals surface area contributed by atoms with Crippen molar-refractivity contribution in [2.24, 2.45) is 0 Å². The van der Waals surface area contributed by atoms with E-state index in [1.807, 2.05) is 12.1 Å². The molecule has 0 heterocycles. The van der Waals surface area contributed by atoms with Gasteiger partial charge in [-0.2, -0.15) is 0 Å². The summed E-state index contributed by atoms with van der Waals surface area (Å²) in [6.07, 6.45) is 18.3. The van der Waals surface area contributed by atoms with Crippen LogP contribution >= 0.6 is 0 Å². The molecule has 1 aliphatic rings. The van der Waals surface area contributed by atoms with Gasteiger partial charge in [0.25, 0.3) is 0 Å². The average molecular weight is 583 g/mol. The Hall–Kier alpha value is -3.26. The lowest BCUT2D eigenvalue weighted by molar-refractivity contribution is 0.398.